The molecule has 0 aliphatic carbocycles. The van der Waals surface area contributed by atoms with Crippen molar-refractivity contribution >= 4 is 28.9 Å². The van der Waals surface area contributed by atoms with Crippen LogP contribution in [0.1, 0.15) is 16.3 Å². The highest BCUT2D eigenvalue weighted by Gasteiger charge is 2.06. The number of aryl methyl sites for hydroxylation is 1. The third-order valence-electron chi connectivity index (χ3n) is 4.33. The molecular weight excluding hydrogens is 384 g/mol. The topological polar surface area (TPSA) is 72.9 Å². The van der Waals surface area contributed by atoms with Gasteiger partial charge in [-0.25, -0.2) is 9.98 Å². The highest BCUT2D eigenvalue weighted by molar-refractivity contribution is 7.11. The second kappa shape index (κ2) is 12.1. The van der Waals surface area contributed by atoms with Crippen LogP contribution >= 0.6 is 11.3 Å². The standard InChI is InChI=1S/C21H32N6OS/c1-17-15-24-19(29-17)11-13-23-21(25-16-20(28)26(2)3)22-12-8-14-27(4)18-9-6-5-7-10-18/h5-7,9-10,15H,8,11-14,16H2,1-4H3,(H2,22,23,25). The maximum Gasteiger partial charge on any atom is 0.243 e. The average Bonchev–Trinajstić information content (AvgIpc) is 3.13. The number of benzene rings is 1. The minimum Gasteiger partial charge on any atom is -0.375 e. The molecule has 0 bridgehead atoms. The normalized spacial score (nSPS) is 11.2. The van der Waals surface area contributed by atoms with Gasteiger partial charge >= 0.3 is 0 Å². The van der Waals surface area contributed by atoms with Gasteiger partial charge in [-0.15, -0.1) is 11.3 Å². The number of hydrogen-bond donors (Lipinski definition) is 2. The fourth-order valence-corrected chi connectivity index (χ4v) is 3.39. The van der Waals surface area contributed by atoms with Crippen LogP contribution in [0, 0.1) is 6.92 Å². The molecule has 1 amide bonds. The molecule has 0 fully saturated rings. The summed E-state index contributed by atoms with van der Waals surface area (Å²) in [4.78, 5) is 25.7. The largest absolute Gasteiger partial charge is 0.375 e. The van der Waals surface area contributed by atoms with Crippen molar-refractivity contribution < 1.29 is 4.79 Å². The quantitative estimate of drug-likeness (QED) is 0.353. The maximum absolute atomic E-state index is 11.9. The molecule has 0 spiro atoms. The number of anilines is 1. The van der Waals surface area contributed by atoms with Gasteiger partial charge in [0.25, 0.3) is 0 Å². The highest BCUT2D eigenvalue weighted by atomic mass is 32.1. The van der Waals surface area contributed by atoms with E-state index in [1.807, 2.05) is 24.4 Å². The summed E-state index contributed by atoms with van der Waals surface area (Å²) in [5, 5.41) is 7.75. The number of amides is 1. The number of aromatic nitrogens is 1. The maximum atomic E-state index is 11.9. The molecule has 1 heterocycles. The molecule has 0 unspecified atom stereocenters. The molecule has 1 aromatic carbocycles. The highest BCUT2D eigenvalue weighted by Crippen LogP contribution is 2.11. The van der Waals surface area contributed by atoms with Crippen molar-refractivity contribution in [2.75, 3.05) is 52.2 Å². The Morgan fingerprint density at radius 3 is 2.52 bits per heavy atom. The first-order valence-corrected chi connectivity index (χ1v) is 10.7. The molecule has 2 N–H and O–H groups in total. The van der Waals surface area contributed by atoms with Gasteiger partial charge in [-0.3, -0.25) is 4.79 Å². The van der Waals surface area contributed by atoms with Crippen molar-refractivity contribution in [1.82, 2.24) is 20.5 Å². The van der Waals surface area contributed by atoms with E-state index < -0.39 is 0 Å². The lowest BCUT2D eigenvalue weighted by Gasteiger charge is -2.20. The SMILES string of the molecule is Cc1cnc(CCNC(=NCC(=O)N(C)C)NCCCN(C)c2ccccc2)s1. The van der Waals surface area contributed by atoms with E-state index in [2.05, 4.69) is 51.6 Å². The molecule has 7 nitrogen and oxygen atoms in total. The van der Waals surface area contributed by atoms with Crippen LogP contribution in [-0.2, 0) is 11.2 Å². The van der Waals surface area contributed by atoms with Crippen molar-refractivity contribution in [3.63, 3.8) is 0 Å². The summed E-state index contributed by atoms with van der Waals surface area (Å²) in [5.41, 5.74) is 1.20. The van der Waals surface area contributed by atoms with Crippen molar-refractivity contribution in [1.29, 1.82) is 0 Å². The summed E-state index contributed by atoms with van der Waals surface area (Å²) in [6.07, 6.45) is 3.68. The molecule has 29 heavy (non-hydrogen) atoms. The smallest absolute Gasteiger partial charge is 0.243 e. The van der Waals surface area contributed by atoms with Crippen LogP contribution in [-0.4, -0.2) is 69.1 Å². The van der Waals surface area contributed by atoms with E-state index in [4.69, 9.17) is 0 Å². The molecule has 0 aliphatic rings. The number of nitrogens with one attached hydrogen (secondary N) is 2. The molecule has 0 saturated carbocycles. The van der Waals surface area contributed by atoms with E-state index in [-0.39, 0.29) is 12.5 Å². The number of para-hydroxylation sites is 1. The molecule has 2 rings (SSSR count). The van der Waals surface area contributed by atoms with Crippen molar-refractivity contribution in [3.8, 4) is 0 Å². The number of aliphatic imine (C=N–C) groups is 1. The zero-order valence-corrected chi connectivity index (χ0v) is 18.6. The van der Waals surface area contributed by atoms with E-state index >= 15 is 0 Å². The third-order valence-corrected chi connectivity index (χ3v) is 5.30. The van der Waals surface area contributed by atoms with Gasteiger partial charge in [-0.2, -0.15) is 0 Å². The first-order valence-electron chi connectivity index (χ1n) is 9.85. The monoisotopic (exact) mass is 416 g/mol. The van der Waals surface area contributed by atoms with Crippen LogP contribution < -0.4 is 15.5 Å². The summed E-state index contributed by atoms with van der Waals surface area (Å²) < 4.78 is 0. The Hall–Kier alpha value is -2.61. The van der Waals surface area contributed by atoms with E-state index in [0.717, 1.165) is 37.5 Å². The number of carbonyl (C=O) groups excluding carboxylic acids is 1. The number of nitrogens with zero attached hydrogens (tertiary/aromatic N) is 4. The van der Waals surface area contributed by atoms with Crippen LogP contribution in [0.4, 0.5) is 5.69 Å². The second-order valence-electron chi connectivity index (χ2n) is 7.03. The van der Waals surface area contributed by atoms with Gasteiger partial charge in [-0.05, 0) is 25.5 Å². The van der Waals surface area contributed by atoms with Crippen LogP contribution in [0.3, 0.4) is 0 Å². The number of likely N-dealkylation sites (N-methyl/N-ethyl adjacent to an activating group) is 1. The predicted octanol–water partition coefficient (Wildman–Crippen LogP) is 2.14. The van der Waals surface area contributed by atoms with E-state index in [0.29, 0.717) is 5.96 Å². The minimum atomic E-state index is -0.0227. The van der Waals surface area contributed by atoms with Crippen molar-refractivity contribution in [2.45, 2.75) is 19.8 Å². The van der Waals surface area contributed by atoms with Crippen LogP contribution in [0.15, 0.2) is 41.5 Å². The van der Waals surface area contributed by atoms with E-state index in [1.54, 1.807) is 30.3 Å². The van der Waals surface area contributed by atoms with Gasteiger partial charge in [0.2, 0.25) is 5.91 Å². The van der Waals surface area contributed by atoms with Gasteiger partial charge in [0.05, 0.1) is 5.01 Å². The predicted molar refractivity (Wildman–Crippen MR) is 122 cm³/mol. The fraction of sp³-hybridized carbons (Fsp3) is 0.476. The minimum absolute atomic E-state index is 0.0227. The third kappa shape index (κ3) is 8.51. The van der Waals surface area contributed by atoms with Gasteiger partial charge in [-0.1, -0.05) is 18.2 Å². The Morgan fingerprint density at radius 1 is 1.14 bits per heavy atom. The summed E-state index contributed by atoms with van der Waals surface area (Å²) in [6, 6.07) is 10.3. The zero-order valence-electron chi connectivity index (χ0n) is 17.8. The summed E-state index contributed by atoms with van der Waals surface area (Å²) in [5.74, 6) is 0.640. The molecule has 1 aromatic heterocycles. The first kappa shape index (κ1) is 22.7. The van der Waals surface area contributed by atoms with Gasteiger partial charge in [0.1, 0.15) is 6.54 Å². The molecule has 158 valence electrons. The van der Waals surface area contributed by atoms with Crippen LogP contribution in [0.5, 0.6) is 0 Å². The molecular formula is C21H32N6OS. The van der Waals surface area contributed by atoms with Gasteiger partial charge in [0, 0.05) is 64.0 Å². The van der Waals surface area contributed by atoms with Crippen molar-refractivity contribution in [2.24, 2.45) is 4.99 Å². The second-order valence-corrected chi connectivity index (χ2v) is 8.35. The van der Waals surface area contributed by atoms with Gasteiger partial charge in [0.15, 0.2) is 5.96 Å². The van der Waals surface area contributed by atoms with Crippen molar-refractivity contribution in [3.05, 3.63) is 46.4 Å². The molecule has 0 radical (unpaired) electrons. The molecule has 8 heteroatoms. The summed E-state index contributed by atoms with van der Waals surface area (Å²) in [7, 11) is 5.57. The number of guanidine groups is 1. The van der Waals surface area contributed by atoms with E-state index in [9.17, 15) is 4.79 Å². The Morgan fingerprint density at radius 2 is 1.86 bits per heavy atom. The number of carbonyl (C=O) groups is 1. The zero-order chi connectivity index (χ0) is 21.1. The average molecular weight is 417 g/mol. The molecule has 0 atom stereocenters. The lowest BCUT2D eigenvalue weighted by atomic mass is 10.3. The summed E-state index contributed by atoms with van der Waals surface area (Å²) in [6.45, 7) is 4.61. The van der Waals surface area contributed by atoms with Gasteiger partial charge < -0.3 is 20.4 Å². The van der Waals surface area contributed by atoms with Crippen LogP contribution in [0.25, 0.3) is 0 Å². The lowest BCUT2D eigenvalue weighted by Crippen LogP contribution is -2.40. The Labute approximate surface area is 177 Å². The fourth-order valence-electron chi connectivity index (χ4n) is 2.60. The molecule has 0 aliphatic heterocycles. The molecule has 0 saturated heterocycles. The Balaban J connectivity index is 1.80. The molecule has 2 aromatic rings. The first-order chi connectivity index (χ1) is 14.0. The number of hydrogen-bond acceptors (Lipinski definition) is 5. The van der Waals surface area contributed by atoms with Crippen LogP contribution in [0.2, 0.25) is 0 Å². The van der Waals surface area contributed by atoms with E-state index in [1.165, 1.54) is 10.6 Å². The number of rotatable bonds is 10. The summed E-state index contributed by atoms with van der Waals surface area (Å²) >= 11 is 1.71. The Kier molecular flexibility index (Phi) is 9.43. The number of thiazole rings is 1. The lowest BCUT2D eigenvalue weighted by molar-refractivity contribution is -0.127. The Bertz CT molecular complexity index is 774.